The van der Waals surface area contributed by atoms with Gasteiger partial charge in [-0.25, -0.2) is 4.68 Å². The summed E-state index contributed by atoms with van der Waals surface area (Å²) in [4.78, 5) is 29.9. The van der Waals surface area contributed by atoms with Crippen LogP contribution in [0.5, 0.6) is 0 Å². The van der Waals surface area contributed by atoms with Crippen LogP contribution in [-0.4, -0.2) is 31.7 Å². The van der Waals surface area contributed by atoms with Crippen LogP contribution in [0.2, 0.25) is 0 Å². The van der Waals surface area contributed by atoms with Gasteiger partial charge in [-0.15, -0.1) is 16.4 Å². The lowest BCUT2D eigenvalue weighted by molar-refractivity contribution is -0.142. The van der Waals surface area contributed by atoms with E-state index in [9.17, 15) is 9.59 Å². The number of benzene rings is 2. The van der Waals surface area contributed by atoms with Crippen molar-refractivity contribution in [3.8, 4) is 0 Å². The zero-order valence-electron chi connectivity index (χ0n) is 18.8. The Labute approximate surface area is 205 Å². The van der Waals surface area contributed by atoms with Gasteiger partial charge in [0.25, 0.3) is 0 Å². The molecule has 0 aliphatic carbocycles. The Balaban J connectivity index is 1.48. The van der Waals surface area contributed by atoms with Crippen molar-refractivity contribution >= 4 is 34.2 Å². The highest BCUT2D eigenvalue weighted by atomic mass is 32.1. The molecular weight excluding hydrogens is 462 g/mol. The molecule has 0 bridgehead atoms. The maximum atomic E-state index is 13.8. The molecule has 0 radical (unpaired) electrons. The minimum absolute atomic E-state index is 0.0410. The van der Waals surface area contributed by atoms with Crippen molar-refractivity contribution in [3.63, 3.8) is 0 Å². The fraction of sp³-hybridized carbons (Fsp3) is 0.154. The molecule has 8 nitrogen and oxygen atoms in total. The molecule has 1 unspecified atom stereocenters. The van der Waals surface area contributed by atoms with Gasteiger partial charge in [-0.2, -0.15) is 0 Å². The van der Waals surface area contributed by atoms with E-state index in [1.54, 1.807) is 28.0 Å². The molecule has 3 aromatic heterocycles. The number of aromatic nitrogens is 3. The van der Waals surface area contributed by atoms with Crippen molar-refractivity contribution in [1.29, 1.82) is 0 Å². The molecule has 1 N–H and O–H groups in total. The smallest absolute Gasteiger partial charge is 0.247 e. The normalized spacial score (nSPS) is 11.9. The van der Waals surface area contributed by atoms with E-state index in [1.165, 1.54) is 11.3 Å². The van der Waals surface area contributed by atoms with Gasteiger partial charge in [-0.1, -0.05) is 53.7 Å². The summed E-state index contributed by atoms with van der Waals surface area (Å²) in [5, 5.41) is 13.2. The third-order valence-electron chi connectivity index (χ3n) is 5.62. The van der Waals surface area contributed by atoms with E-state index in [1.807, 2.05) is 72.1 Å². The Hall–Kier alpha value is -4.24. The molecule has 0 saturated heterocycles. The first-order valence-corrected chi connectivity index (χ1v) is 12.0. The van der Waals surface area contributed by atoms with Gasteiger partial charge in [-0.05, 0) is 41.3 Å². The Kier molecular flexibility index (Phi) is 6.67. The summed E-state index contributed by atoms with van der Waals surface area (Å²) in [7, 11) is 0. The molecule has 0 fully saturated rings. The van der Waals surface area contributed by atoms with E-state index < -0.39 is 6.04 Å². The number of amides is 2. The first kappa shape index (κ1) is 22.5. The fourth-order valence-electron chi connectivity index (χ4n) is 3.94. The third kappa shape index (κ3) is 5.15. The zero-order valence-corrected chi connectivity index (χ0v) is 19.6. The number of furan rings is 1. The van der Waals surface area contributed by atoms with Gasteiger partial charge in [0, 0.05) is 4.88 Å². The number of carbonyl (C=O) groups is 2. The van der Waals surface area contributed by atoms with Gasteiger partial charge in [-0.3, -0.25) is 9.59 Å². The van der Waals surface area contributed by atoms with Crippen LogP contribution in [-0.2, 0) is 29.2 Å². The molecule has 5 rings (SSSR count). The lowest BCUT2D eigenvalue weighted by Gasteiger charge is -2.31. The monoisotopic (exact) mass is 485 g/mol. The van der Waals surface area contributed by atoms with Crippen LogP contribution in [0.3, 0.4) is 0 Å². The Morgan fingerprint density at radius 3 is 2.60 bits per heavy atom. The van der Waals surface area contributed by atoms with Crippen molar-refractivity contribution in [2.24, 2.45) is 0 Å². The highest BCUT2D eigenvalue weighted by molar-refractivity contribution is 7.09. The van der Waals surface area contributed by atoms with E-state index in [0.717, 1.165) is 16.0 Å². The van der Waals surface area contributed by atoms with Crippen molar-refractivity contribution in [2.75, 3.05) is 0 Å². The summed E-state index contributed by atoms with van der Waals surface area (Å²) in [5.74, 6) is 0.104. The lowest BCUT2D eigenvalue weighted by Crippen LogP contribution is -2.44. The van der Waals surface area contributed by atoms with Crippen molar-refractivity contribution < 1.29 is 14.0 Å². The maximum Gasteiger partial charge on any atom is 0.247 e. The average Bonchev–Trinajstić information content (AvgIpc) is 3.66. The topological polar surface area (TPSA) is 93.3 Å². The standard InChI is InChI=1S/C26H23N5O3S/c32-24(18-31-23-13-5-4-12-22(23)28-29-31)30(17-21-11-7-15-35-21)25(19-8-2-1-3-9-19)26(33)27-16-20-10-6-14-34-20/h1-15,25H,16-18H2,(H,27,33). The molecule has 3 heterocycles. The van der Waals surface area contributed by atoms with E-state index in [0.29, 0.717) is 11.3 Å². The second-order valence-electron chi connectivity index (χ2n) is 7.95. The number of nitrogens with one attached hydrogen (secondary N) is 1. The number of fused-ring (bicyclic) bond motifs is 1. The van der Waals surface area contributed by atoms with E-state index in [4.69, 9.17) is 4.42 Å². The van der Waals surface area contributed by atoms with Gasteiger partial charge in [0.1, 0.15) is 23.9 Å². The van der Waals surface area contributed by atoms with Gasteiger partial charge < -0.3 is 14.6 Å². The van der Waals surface area contributed by atoms with Gasteiger partial charge in [0.2, 0.25) is 11.8 Å². The Morgan fingerprint density at radius 1 is 1.00 bits per heavy atom. The van der Waals surface area contributed by atoms with Crippen LogP contribution in [0.4, 0.5) is 0 Å². The molecule has 5 aromatic rings. The predicted molar refractivity (Wildman–Crippen MR) is 132 cm³/mol. The van der Waals surface area contributed by atoms with Crippen LogP contribution in [0, 0.1) is 0 Å². The number of thiophene rings is 1. The minimum Gasteiger partial charge on any atom is -0.467 e. The summed E-state index contributed by atoms with van der Waals surface area (Å²) >= 11 is 1.54. The lowest BCUT2D eigenvalue weighted by atomic mass is 10.0. The Morgan fingerprint density at radius 2 is 1.83 bits per heavy atom. The van der Waals surface area contributed by atoms with Crippen molar-refractivity contribution in [2.45, 2.75) is 25.7 Å². The highest BCUT2D eigenvalue weighted by Gasteiger charge is 2.32. The first-order chi connectivity index (χ1) is 17.2. The van der Waals surface area contributed by atoms with Crippen LogP contribution < -0.4 is 5.32 Å². The molecule has 2 aromatic carbocycles. The van der Waals surface area contributed by atoms with E-state index >= 15 is 0 Å². The second kappa shape index (κ2) is 10.4. The maximum absolute atomic E-state index is 13.8. The van der Waals surface area contributed by atoms with Gasteiger partial charge in [0.15, 0.2) is 0 Å². The number of nitrogens with zero attached hydrogens (tertiary/aromatic N) is 4. The van der Waals surface area contributed by atoms with Crippen LogP contribution in [0.1, 0.15) is 22.2 Å². The molecule has 0 aliphatic rings. The number of rotatable bonds is 9. The Bertz CT molecular complexity index is 1400. The van der Waals surface area contributed by atoms with E-state index in [-0.39, 0.29) is 31.4 Å². The zero-order chi connectivity index (χ0) is 24.0. The molecule has 1 atom stereocenters. The highest BCUT2D eigenvalue weighted by Crippen LogP contribution is 2.26. The second-order valence-corrected chi connectivity index (χ2v) is 8.98. The van der Waals surface area contributed by atoms with Crippen LogP contribution >= 0.6 is 11.3 Å². The molecule has 2 amide bonds. The number of hydrogen-bond acceptors (Lipinski definition) is 6. The molecule has 35 heavy (non-hydrogen) atoms. The quantitative estimate of drug-likeness (QED) is 0.338. The number of carbonyl (C=O) groups excluding carboxylic acids is 2. The molecule has 0 aliphatic heterocycles. The number of para-hydroxylation sites is 1. The van der Waals surface area contributed by atoms with Crippen LogP contribution in [0.25, 0.3) is 11.0 Å². The molecular formula is C26H23N5O3S. The van der Waals surface area contributed by atoms with Gasteiger partial charge >= 0.3 is 0 Å². The number of hydrogen-bond donors (Lipinski definition) is 1. The molecule has 9 heteroatoms. The summed E-state index contributed by atoms with van der Waals surface area (Å²) < 4.78 is 6.93. The summed E-state index contributed by atoms with van der Waals surface area (Å²) in [6.07, 6.45) is 1.56. The molecule has 0 spiro atoms. The first-order valence-electron chi connectivity index (χ1n) is 11.1. The summed E-state index contributed by atoms with van der Waals surface area (Å²) in [5.41, 5.74) is 2.19. The average molecular weight is 486 g/mol. The third-order valence-corrected chi connectivity index (χ3v) is 6.49. The molecule has 0 saturated carbocycles. The van der Waals surface area contributed by atoms with E-state index in [2.05, 4.69) is 15.6 Å². The fourth-order valence-corrected chi connectivity index (χ4v) is 4.64. The summed E-state index contributed by atoms with van der Waals surface area (Å²) in [6.45, 7) is 0.474. The molecule has 176 valence electrons. The SMILES string of the molecule is O=C(NCc1ccco1)C(c1ccccc1)N(Cc1cccs1)C(=O)Cn1nnc2ccccc21. The predicted octanol–water partition coefficient (Wildman–Crippen LogP) is 4.17. The van der Waals surface area contributed by atoms with Crippen molar-refractivity contribution in [3.05, 3.63) is 107 Å². The van der Waals surface area contributed by atoms with Crippen molar-refractivity contribution in [1.82, 2.24) is 25.2 Å². The van der Waals surface area contributed by atoms with Crippen LogP contribution in [0.15, 0.2) is 94.9 Å². The summed E-state index contributed by atoms with van der Waals surface area (Å²) in [6, 6.07) is 23.4. The largest absolute Gasteiger partial charge is 0.467 e. The van der Waals surface area contributed by atoms with Gasteiger partial charge in [0.05, 0.1) is 24.9 Å². The minimum atomic E-state index is -0.837.